The summed E-state index contributed by atoms with van der Waals surface area (Å²) in [5.74, 6) is 0.306. The first-order valence-corrected chi connectivity index (χ1v) is 13.6. The number of amides is 1. The van der Waals surface area contributed by atoms with Crippen LogP contribution in [-0.2, 0) is 10.0 Å². The molecule has 1 amide bonds. The number of aromatic nitrogens is 1. The Labute approximate surface area is 204 Å². The van der Waals surface area contributed by atoms with E-state index in [2.05, 4.69) is 31.1 Å². The Morgan fingerprint density at radius 2 is 1.88 bits per heavy atom. The Balaban J connectivity index is 1.34. The van der Waals surface area contributed by atoms with Gasteiger partial charge in [0.1, 0.15) is 11.3 Å². The number of rotatable bonds is 5. The summed E-state index contributed by atoms with van der Waals surface area (Å²) in [7, 11) is -2.05. The number of anilines is 1. The number of methoxy groups -OCH3 is 1. The third-order valence-corrected chi connectivity index (χ3v) is 9.76. The highest BCUT2D eigenvalue weighted by Crippen LogP contribution is 2.53. The lowest BCUT2D eigenvalue weighted by Gasteiger charge is -2.39. The van der Waals surface area contributed by atoms with Crippen molar-refractivity contribution in [1.29, 1.82) is 0 Å². The Bertz CT molecular complexity index is 1360. The lowest BCUT2D eigenvalue weighted by atomic mass is 9.65. The second-order valence-corrected chi connectivity index (χ2v) is 13.5. The molecule has 180 valence electrons. The number of sulfonamides is 1. The third-order valence-electron chi connectivity index (χ3n) is 6.91. The molecule has 2 atom stereocenters. The van der Waals surface area contributed by atoms with E-state index in [9.17, 15) is 13.2 Å². The minimum absolute atomic E-state index is 0.0131. The fraction of sp³-hybridized carbons (Fsp3) is 0.440. The van der Waals surface area contributed by atoms with Gasteiger partial charge in [0.15, 0.2) is 5.13 Å². The fourth-order valence-electron chi connectivity index (χ4n) is 5.91. The molecule has 2 heterocycles. The molecule has 1 saturated carbocycles. The van der Waals surface area contributed by atoms with Crippen molar-refractivity contribution in [3.63, 3.8) is 0 Å². The maximum absolute atomic E-state index is 13.5. The molecule has 1 saturated heterocycles. The summed E-state index contributed by atoms with van der Waals surface area (Å²) < 4.78 is 34.9. The molecule has 1 aliphatic carbocycles. The van der Waals surface area contributed by atoms with Crippen LogP contribution < -0.4 is 10.1 Å². The number of thiazole rings is 1. The van der Waals surface area contributed by atoms with E-state index in [0.717, 1.165) is 24.0 Å². The van der Waals surface area contributed by atoms with Crippen molar-refractivity contribution in [2.75, 3.05) is 19.0 Å². The standard InChI is InChI=1S/C25H29N3O4S2/c1-24(2)12-17-13-25(3,14-24)15-28(17)34(30,31)18-10-8-16(9-11-18)22(29)27-23-26-21-19(32-4)6-5-7-20(21)33-23/h5-11,17H,12-15H2,1-4H3,(H,26,27,29). The van der Waals surface area contributed by atoms with Gasteiger partial charge < -0.3 is 4.74 Å². The highest BCUT2D eigenvalue weighted by Gasteiger charge is 2.53. The highest BCUT2D eigenvalue weighted by atomic mass is 32.2. The van der Waals surface area contributed by atoms with Crippen molar-refractivity contribution < 1.29 is 17.9 Å². The quantitative estimate of drug-likeness (QED) is 0.525. The van der Waals surface area contributed by atoms with Crippen LogP contribution in [0.2, 0.25) is 0 Å². The SMILES string of the molecule is COc1cccc2sc(NC(=O)c3ccc(S(=O)(=O)N4CC5(C)CC4CC(C)(C)C5)cc3)nc12. The minimum atomic E-state index is -3.63. The van der Waals surface area contributed by atoms with Crippen molar-refractivity contribution in [2.45, 2.75) is 51.0 Å². The molecule has 3 aromatic rings. The fourth-order valence-corrected chi connectivity index (χ4v) is 8.57. The molecule has 9 heteroatoms. The molecule has 2 aromatic carbocycles. The topological polar surface area (TPSA) is 88.6 Å². The largest absolute Gasteiger partial charge is 0.494 e. The number of fused-ring (bicyclic) bond motifs is 3. The Morgan fingerprint density at radius 3 is 2.59 bits per heavy atom. The zero-order valence-electron chi connectivity index (χ0n) is 19.8. The third kappa shape index (κ3) is 4.10. The number of hydrogen-bond acceptors (Lipinski definition) is 6. The molecule has 2 bridgehead atoms. The maximum Gasteiger partial charge on any atom is 0.257 e. The maximum atomic E-state index is 13.5. The zero-order chi connectivity index (χ0) is 24.3. The van der Waals surface area contributed by atoms with E-state index in [4.69, 9.17) is 4.74 Å². The summed E-state index contributed by atoms with van der Waals surface area (Å²) in [6.07, 6.45) is 2.80. The number of benzene rings is 2. The Kier molecular flexibility index (Phi) is 5.50. The van der Waals surface area contributed by atoms with Crippen molar-refractivity contribution in [3.8, 4) is 5.75 Å². The number of nitrogens with zero attached hydrogens (tertiary/aromatic N) is 2. The molecule has 7 nitrogen and oxygen atoms in total. The van der Waals surface area contributed by atoms with E-state index in [1.54, 1.807) is 23.5 Å². The molecule has 1 N–H and O–H groups in total. The number of nitrogens with one attached hydrogen (secondary N) is 1. The van der Waals surface area contributed by atoms with E-state index in [-0.39, 0.29) is 27.7 Å². The molecule has 5 rings (SSSR count). The highest BCUT2D eigenvalue weighted by molar-refractivity contribution is 7.89. The first kappa shape index (κ1) is 23.3. The summed E-state index contributed by atoms with van der Waals surface area (Å²) in [6.45, 7) is 7.19. The first-order valence-electron chi connectivity index (χ1n) is 11.4. The number of ether oxygens (including phenoxy) is 1. The van der Waals surface area contributed by atoms with Gasteiger partial charge in [0, 0.05) is 18.2 Å². The molecule has 1 aromatic heterocycles. The number of hydrogen-bond donors (Lipinski definition) is 1. The monoisotopic (exact) mass is 499 g/mol. The summed E-state index contributed by atoms with van der Waals surface area (Å²) in [4.78, 5) is 17.5. The van der Waals surface area contributed by atoms with Gasteiger partial charge in [0.05, 0.1) is 16.7 Å². The van der Waals surface area contributed by atoms with Crippen LogP contribution in [0.3, 0.4) is 0 Å². The van der Waals surface area contributed by atoms with E-state index in [1.165, 1.54) is 23.5 Å². The van der Waals surface area contributed by atoms with Crippen LogP contribution in [0.1, 0.15) is 50.4 Å². The number of para-hydroxylation sites is 1. The number of carbonyl (C=O) groups is 1. The lowest BCUT2D eigenvalue weighted by Crippen LogP contribution is -2.37. The molecule has 34 heavy (non-hydrogen) atoms. The van der Waals surface area contributed by atoms with Gasteiger partial charge >= 0.3 is 0 Å². The van der Waals surface area contributed by atoms with Crippen LogP contribution in [0.15, 0.2) is 47.4 Å². The molecule has 2 fully saturated rings. The van der Waals surface area contributed by atoms with E-state index < -0.39 is 10.0 Å². The van der Waals surface area contributed by atoms with Crippen LogP contribution in [-0.4, -0.2) is 43.3 Å². The van der Waals surface area contributed by atoms with Crippen LogP contribution in [0, 0.1) is 10.8 Å². The van der Waals surface area contributed by atoms with Gasteiger partial charge in [-0.05, 0) is 66.5 Å². The second-order valence-electron chi connectivity index (χ2n) is 10.6. The average molecular weight is 500 g/mol. The van der Waals surface area contributed by atoms with Crippen LogP contribution >= 0.6 is 11.3 Å². The van der Waals surface area contributed by atoms with Gasteiger partial charge in [-0.1, -0.05) is 38.2 Å². The number of carbonyl (C=O) groups excluding carboxylic acids is 1. The van der Waals surface area contributed by atoms with Crippen LogP contribution in [0.4, 0.5) is 5.13 Å². The molecule has 0 spiro atoms. The van der Waals surface area contributed by atoms with Crippen molar-refractivity contribution in [1.82, 2.24) is 9.29 Å². The zero-order valence-corrected chi connectivity index (χ0v) is 21.4. The summed E-state index contributed by atoms with van der Waals surface area (Å²) in [6, 6.07) is 11.8. The smallest absolute Gasteiger partial charge is 0.257 e. The van der Waals surface area contributed by atoms with Gasteiger partial charge in [-0.2, -0.15) is 4.31 Å². The van der Waals surface area contributed by atoms with Crippen molar-refractivity contribution in [3.05, 3.63) is 48.0 Å². The predicted molar refractivity (Wildman–Crippen MR) is 134 cm³/mol. The summed E-state index contributed by atoms with van der Waals surface area (Å²) >= 11 is 1.36. The Hall–Kier alpha value is -2.49. The molecule has 2 unspecified atom stereocenters. The molecular formula is C25H29N3O4S2. The predicted octanol–water partition coefficient (Wildman–Crippen LogP) is 5.15. The lowest BCUT2D eigenvalue weighted by molar-refractivity contribution is 0.102. The van der Waals surface area contributed by atoms with Crippen LogP contribution in [0.25, 0.3) is 10.2 Å². The van der Waals surface area contributed by atoms with Gasteiger partial charge in [0.25, 0.3) is 5.91 Å². The van der Waals surface area contributed by atoms with Crippen molar-refractivity contribution in [2.24, 2.45) is 10.8 Å². The van der Waals surface area contributed by atoms with E-state index in [0.29, 0.717) is 28.5 Å². The van der Waals surface area contributed by atoms with Crippen LogP contribution in [0.5, 0.6) is 5.75 Å². The van der Waals surface area contributed by atoms with Gasteiger partial charge in [-0.3, -0.25) is 10.1 Å². The summed E-state index contributed by atoms with van der Waals surface area (Å²) in [5, 5.41) is 3.27. The first-order chi connectivity index (χ1) is 16.0. The average Bonchev–Trinajstić information content (AvgIpc) is 3.29. The molecular weight excluding hydrogens is 470 g/mol. The summed E-state index contributed by atoms with van der Waals surface area (Å²) in [5.41, 5.74) is 1.21. The van der Waals surface area contributed by atoms with Gasteiger partial charge in [-0.25, -0.2) is 13.4 Å². The van der Waals surface area contributed by atoms with E-state index >= 15 is 0 Å². The van der Waals surface area contributed by atoms with Gasteiger partial charge in [0.2, 0.25) is 10.0 Å². The normalized spacial score (nSPS) is 24.3. The molecule has 1 aliphatic heterocycles. The second kappa shape index (κ2) is 8.03. The van der Waals surface area contributed by atoms with E-state index in [1.807, 2.05) is 18.2 Å². The van der Waals surface area contributed by atoms with Gasteiger partial charge in [-0.15, -0.1) is 0 Å². The molecule has 0 radical (unpaired) electrons. The minimum Gasteiger partial charge on any atom is -0.494 e. The molecule has 2 aliphatic rings. The Morgan fingerprint density at radius 1 is 1.15 bits per heavy atom. The van der Waals surface area contributed by atoms with Crippen molar-refractivity contribution >= 4 is 42.6 Å².